The maximum Gasteiger partial charge on any atom is 0.247 e. The average molecular weight is 600 g/mol. The molecule has 6 rings (SSSR count). The Kier molecular flexibility index (Phi) is 9.11. The lowest BCUT2D eigenvalue weighted by atomic mass is 9.96. The van der Waals surface area contributed by atoms with Crippen molar-refractivity contribution < 1.29 is 18.4 Å². The lowest BCUT2D eigenvalue weighted by Crippen LogP contribution is -2.54. The number of hydrogen-bond acceptors (Lipinski definition) is 7. The van der Waals surface area contributed by atoms with Crippen molar-refractivity contribution in [3.8, 4) is 11.6 Å². The third kappa shape index (κ3) is 7.05. The fraction of sp³-hybridized carbons (Fsp3) is 0.424. The molecule has 1 N–H and O–H groups in total. The molecular formula is C33H38FN7O3. The minimum Gasteiger partial charge on any atom is -0.458 e. The number of amides is 2. The normalized spacial score (nSPS) is 17.0. The van der Waals surface area contributed by atoms with Gasteiger partial charge >= 0.3 is 0 Å². The highest BCUT2D eigenvalue weighted by Gasteiger charge is 2.39. The highest BCUT2D eigenvalue weighted by molar-refractivity contribution is 5.89. The topological polar surface area (TPSA) is 109 Å². The van der Waals surface area contributed by atoms with Gasteiger partial charge in [-0.05, 0) is 73.2 Å². The summed E-state index contributed by atoms with van der Waals surface area (Å²) in [5, 5.41) is 15.8. The van der Waals surface area contributed by atoms with Gasteiger partial charge in [-0.15, -0.1) is 10.2 Å². The Morgan fingerprint density at radius 1 is 1.00 bits per heavy atom. The van der Waals surface area contributed by atoms with Gasteiger partial charge < -0.3 is 14.6 Å². The summed E-state index contributed by atoms with van der Waals surface area (Å²) in [6.45, 7) is 3.99. The average Bonchev–Trinajstić information content (AvgIpc) is 3.81. The standard InChI is InChI=1S/C33H38FN7O3/c1-23-11-16-29(44-23)32-36-38-40(37-32)22-30(42)41(28-17-19-39(20-18-28)21-24-7-3-2-4-8-24)31(25-12-14-26(34)15-13-25)33(43)35-27-9-5-6-10-27/h2-4,7-8,11-16,27-28,31H,5-6,9-10,17-22H2,1H3,(H,35,43). The summed E-state index contributed by atoms with van der Waals surface area (Å²) in [4.78, 5) is 33.6. The largest absolute Gasteiger partial charge is 0.458 e. The van der Waals surface area contributed by atoms with Crippen LogP contribution in [0.4, 0.5) is 4.39 Å². The van der Waals surface area contributed by atoms with E-state index in [1.165, 1.54) is 22.5 Å². The molecule has 1 saturated carbocycles. The third-order valence-corrected chi connectivity index (χ3v) is 8.59. The molecule has 0 bridgehead atoms. The molecule has 2 aliphatic rings. The van der Waals surface area contributed by atoms with Gasteiger partial charge in [0, 0.05) is 31.7 Å². The van der Waals surface area contributed by atoms with Crippen LogP contribution < -0.4 is 5.32 Å². The van der Waals surface area contributed by atoms with Crippen molar-refractivity contribution in [2.45, 2.75) is 76.7 Å². The number of likely N-dealkylation sites (tertiary alicyclic amines) is 1. The Balaban J connectivity index is 1.27. The van der Waals surface area contributed by atoms with E-state index in [-0.39, 0.29) is 36.3 Å². The van der Waals surface area contributed by atoms with Crippen LogP contribution in [0.1, 0.15) is 61.5 Å². The highest BCUT2D eigenvalue weighted by atomic mass is 19.1. The van der Waals surface area contributed by atoms with Gasteiger partial charge in [0.1, 0.15) is 24.2 Å². The van der Waals surface area contributed by atoms with E-state index in [0.717, 1.165) is 45.3 Å². The minimum atomic E-state index is -0.926. The summed E-state index contributed by atoms with van der Waals surface area (Å²) in [5.41, 5.74) is 1.80. The Bertz CT molecular complexity index is 1540. The Morgan fingerprint density at radius 3 is 2.41 bits per heavy atom. The number of aromatic nitrogens is 4. The second-order valence-electron chi connectivity index (χ2n) is 11.8. The number of aryl methyl sites for hydroxylation is 1. The molecule has 1 atom stereocenters. The zero-order valence-corrected chi connectivity index (χ0v) is 24.9. The van der Waals surface area contributed by atoms with Gasteiger partial charge in [-0.3, -0.25) is 14.5 Å². The smallest absolute Gasteiger partial charge is 0.247 e. The van der Waals surface area contributed by atoms with Gasteiger partial charge in [0.25, 0.3) is 0 Å². The summed E-state index contributed by atoms with van der Waals surface area (Å²) >= 11 is 0. The van der Waals surface area contributed by atoms with Crippen LogP contribution >= 0.6 is 0 Å². The Hall–Kier alpha value is -4.38. The van der Waals surface area contributed by atoms with E-state index >= 15 is 0 Å². The molecule has 0 spiro atoms. The Morgan fingerprint density at radius 2 is 1.73 bits per heavy atom. The third-order valence-electron chi connectivity index (χ3n) is 8.59. The van der Waals surface area contributed by atoms with Gasteiger partial charge in [-0.1, -0.05) is 55.3 Å². The molecule has 2 fully saturated rings. The van der Waals surface area contributed by atoms with Gasteiger partial charge in [0.2, 0.25) is 17.6 Å². The highest BCUT2D eigenvalue weighted by Crippen LogP contribution is 2.31. The molecule has 2 aromatic carbocycles. The number of rotatable bonds is 10. The molecule has 11 heteroatoms. The summed E-state index contributed by atoms with van der Waals surface area (Å²) in [7, 11) is 0. The van der Waals surface area contributed by atoms with Crippen LogP contribution in [-0.2, 0) is 22.7 Å². The molecule has 1 saturated heterocycles. The van der Waals surface area contributed by atoms with Crippen molar-refractivity contribution in [1.29, 1.82) is 0 Å². The summed E-state index contributed by atoms with van der Waals surface area (Å²) in [6, 6.07) is 18.7. The van der Waals surface area contributed by atoms with Crippen LogP contribution in [0.15, 0.2) is 71.1 Å². The van der Waals surface area contributed by atoms with Crippen molar-refractivity contribution in [3.05, 3.63) is 89.4 Å². The van der Waals surface area contributed by atoms with E-state index in [1.54, 1.807) is 23.1 Å². The molecule has 2 aromatic heterocycles. The number of benzene rings is 2. The number of nitrogens with zero attached hydrogens (tertiary/aromatic N) is 6. The SMILES string of the molecule is Cc1ccc(-c2nnn(CC(=O)N(C3CCN(Cc4ccccc4)CC3)C(C(=O)NC3CCCC3)c3ccc(F)cc3)n2)o1. The maximum absolute atomic E-state index is 14.3. The molecule has 3 heterocycles. The number of carbonyl (C=O) groups is 2. The number of hydrogen-bond donors (Lipinski definition) is 1. The number of halogens is 1. The number of tetrazole rings is 1. The second kappa shape index (κ2) is 13.5. The van der Waals surface area contributed by atoms with Crippen molar-refractivity contribution in [2.75, 3.05) is 13.1 Å². The molecule has 10 nitrogen and oxygen atoms in total. The first kappa shape index (κ1) is 29.7. The molecule has 1 unspecified atom stereocenters. The van der Waals surface area contributed by atoms with E-state index in [4.69, 9.17) is 4.42 Å². The van der Waals surface area contributed by atoms with Crippen LogP contribution in [0.3, 0.4) is 0 Å². The minimum absolute atomic E-state index is 0.0615. The first-order valence-corrected chi connectivity index (χ1v) is 15.4. The van der Waals surface area contributed by atoms with Crippen molar-refractivity contribution >= 4 is 11.8 Å². The van der Waals surface area contributed by atoms with Gasteiger partial charge in [-0.2, -0.15) is 4.80 Å². The molecule has 0 radical (unpaired) electrons. The first-order valence-electron chi connectivity index (χ1n) is 15.4. The van der Waals surface area contributed by atoms with Crippen LogP contribution in [0.2, 0.25) is 0 Å². The van der Waals surface area contributed by atoms with Crippen LogP contribution in [0, 0.1) is 12.7 Å². The van der Waals surface area contributed by atoms with E-state index in [1.807, 2.05) is 31.2 Å². The molecule has 2 amide bonds. The molecule has 4 aromatic rings. The van der Waals surface area contributed by atoms with Crippen molar-refractivity contribution in [1.82, 2.24) is 35.3 Å². The second-order valence-corrected chi connectivity index (χ2v) is 11.8. The predicted octanol–water partition coefficient (Wildman–Crippen LogP) is 4.67. The monoisotopic (exact) mass is 599 g/mol. The molecule has 1 aliphatic carbocycles. The van der Waals surface area contributed by atoms with Crippen LogP contribution in [0.5, 0.6) is 0 Å². The number of nitrogens with one attached hydrogen (secondary N) is 1. The summed E-state index contributed by atoms with van der Waals surface area (Å²) < 4.78 is 19.6. The zero-order chi connectivity index (χ0) is 30.5. The molecular weight excluding hydrogens is 561 g/mol. The molecule has 230 valence electrons. The Labute approximate surface area is 256 Å². The molecule has 44 heavy (non-hydrogen) atoms. The van der Waals surface area contributed by atoms with Crippen LogP contribution in [0.25, 0.3) is 11.6 Å². The van der Waals surface area contributed by atoms with Crippen molar-refractivity contribution in [2.24, 2.45) is 0 Å². The van der Waals surface area contributed by atoms with E-state index in [9.17, 15) is 14.0 Å². The number of carbonyl (C=O) groups excluding carboxylic acids is 2. The first-order chi connectivity index (χ1) is 21.4. The maximum atomic E-state index is 14.3. The zero-order valence-electron chi connectivity index (χ0n) is 24.9. The van der Waals surface area contributed by atoms with Crippen LogP contribution in [-0.4, -0.2) is 67.0 Å². The lowest BCUT2D eigenvalue weighted by Gasteiger charge is -2.42. The lowest BCUT2D eigenvalue weighted by molar-refractivity contribution is -0.146. The fourth-order valence-electron chi connectivity index (χ4n) is 6.36. The van der Waals surface area contributed by atoms with Crippen molar-refractivity contribution in [3.63, 3.8) is 0 Å². The summed E-state index contributed by atoms with van der Waals surface area (Å²) in [5.74, 6) is 0.504. The molecule has 1 aliphatic heterocycles. The van der Waals surface area contributed by atoms with E-state index in [0.29, 0.717) is 29.9 Å². The predicted molar refractivity (Wildman–Crippen MR) is 161 cm³/mol. The number of furan rings is 1. The number of piperidine rings is 1. The van der Waals surface area contributed by atoms with Gasteiger partial charge in [0.05, 0.1) is 0 Å². The van der Waals surface area contributed by atoms with Gasteiger partial charge in [0.15, 0.2) is 5.76 Å². The van der Waals surface area contributed by atoms with Gasteiger partial charge in [-0.25, -0.2) is 4.39 Å². The summed E-state index contributed by atoms with van der Waals surface area (Å²) in [6.07, 6.45) is 5.31. The van der Waals surface area contributed by atoms with E-state index < -0.39 is 11.9 Å². The fourth-order valence-corrected chi connectivity index (χ4v) is 6.36. The van der Waals surface area contributed by atoms with E-state index in [2.05, 4.69) is 37.8 Å². The quantitative estimate of drug-likeness (QED) is 0.282.